The maximum atomic E-state index is 12.6. The van der Waals surface area contributed by atoms with E-state index in [1.54, 1.807) is 0 Å². The number of fused-ring (bicyclic) bond motifs is 1. The van der Waals surface area contributed by atoms with E-state index in [0.29, 0.717) is 13.0 Å². The first kappa shape index (κ1) is 18.0. The Bertz CT molecular complexity index is 891. The summed E-state index contributed by atoms with van der Waals surface area (Å²) in [7, 11) is 0. The molecule has 0 heterocycles. The monoisotopic (exact) mass is 347 g/mol. The topological polar surface area (TPSA) is 38.3 Å². The highest BCUT2D eigenvalue weighted by atomic mass is 16.5. The summed E-state index contributed by atoms with van der Waals surface area (Å²) in [6.07, 6.45) is 0.125. The Hall–Kier alpha value is -2.81. The minimum absolute atomic E-state index is 0.0837. The number of aryl methyl sites for hydroxylation is 2. The molecule has 1 amide bonds. The van der Waals surface area contributed by atoms with Crippen molar-refractivity contribution in [3.63, 3.8) is 0 Å². The molecule has 3 aromatic rings. The Balaban J connectivity index is 1.69. The van der Waals surface area contributed by atoms with Crippen LogP contribution in [0.15, 0.2) is 60.7 Å². The third-order valence-corrected chi connectivity index (χ3v) is 4.47. The van der Waals surface area contributed by atoms with Crippen molar-refractivity contribution >= 4 is 16.7 Å². The molecule has 3 nitrogen and oxygen atoms in total. The molecule has 0 aliphatic rings. The highest BCUT2D eigenvalue weighted by Crippen LogP contribution is 2.20. The number of carbonyl (C=O) groups excluding carboxylic acids is 1. The van der Waals surface area contributed by atoms with Crippen molar-refractivity contribution in [2.45, 2.75) is 39.8 Å². The summed E-state index contributed by atoms with van der Waals surface area (Å²) in [5.41, 5.74) is 3.37. The number of hydrogen-bond acceptors (Lipinski definition) is 2. The quantitative estimate of drug-likeness (QED) is 0.686. The van der Waals surface area contributed by atoms with Crippen molar-refractivity contribution in [2.24, 2.45) is 0 Å². The minimum Gasteiger partial charge on any atom is -0.481 e. The van der Waals surface area contributed by atoms with Crippen LogP contribution in [0.2, 0.25) is 0 Å². The summed E-state index contributed by atoms with van der Waals surface area (Å²) in [5.74, 6) is 0.661. The van der Waals surface area contributed by atoms with Crippen LogP contribution in [-0.4, -0.2) is 12.0 Å². The molecule has 0 aliphatic carbocycles. The molecule has 0 radical (unpaired) electrons. The van der Waals surface area contributed by atoms with Crippen LogP contribution in [0, 0.1) is 13.8 Å². The van der Waals surface area contributed by atoms with Gasteiger partial charge in [-0.3, -0.25) is 4.79 Å². The smallest absolute Gasteiger partial charge is 0.261 e. The fraction of sp³-hybridized carbons (Fsp3) is 0.261. The van der Waals surface area contributed by atoms with E-state index in [1.807, 2.05) is 57.2 Å². The zero-order valence-electron chi connectivity index (χ0n) is 15.6. The van der Waals surface area contributed by atoms with Gasteiger partial charge in [0.1, 0.15) is 5.75 Å². The first-order valence-electron chi connectivity index (χ1n) is 9.06. The molecule has 0 spiro atoms. The second-order valence-electron chi connectivity index (χ2n) is 6.69. The van der Waals surface area contributed by atoms with E-state index >= 15 is 0 Å². The van der Waals surface area contributed by atoms with Gasteiger partial charge in [-0.25, -0.2) is 0 Å². The fourth-order valence-electron chi connectivity index (χ4n) is 3.23. The Labute approximate surface area is 155 Å². The maximum Gasteiger partial charge on any atom is 0.261 e. The number of benzene rings is 3. The van der Waals surface area contributed by atoms with Gasteiger partial charge in [-0.05, 0) is 59.9 Å². The van der Waals surface area contributed by atoms with E-state index in [4.69, 9.17) is 4.74 Å². The number of carbonyl (C=O) groups is 1. The summed E-state index contributed by atoms with van der Waals surface area (Å²) < 4.78 is 5.95. The van der Waals surface area contributed by atoms with Crippen molar-refractivity contribution in [3.8, 4) is 5.75 Å². The molecule has 1 atom stereocenters. The zero-order chi connectivity index (χ0) is 18.5. The van der Waals surface area contributed by atoms with Gasteiger partial charge in [-0.15, -0.1) is 0 Å². The number of nitrogens with one attached hydrogen (secondary N) is 1. The molecule has 134 valence electrons. The highest BCUT2D eigenvalue weighted by molar-refractivity contribution is 5.86. The molecule has 0 saturated heterocycles. The Morgan fingerprint density at radius 3 is 2.42 bits per heavy atom. The number of amides is 1. The normalized spacial score (nSPS) is 12.0. The first-order valence-corrected chi connectivity index (χ1v) is 9.06. The van der Waals surface area contributed by atoms with Crippen LogP contribution in [0.1, 0.15) is 30.0 Å². The lowest BCUT2D eigenvalue weighted by molar-refractivity contribution is -0.128. The van der Waals surface area contributed by atoms with Crippen LogP contribution in [-0.2, 0) is 11.3 Å². The van der Waals surface area contributed by atoms with E-state index in [-0.39, 0.29) is 5.91 Å². The lowest BCUT2D eigenvalue weighted by Crippen LogP contribution is -2.37. The molecule has 3 heteroatoms. The zero-order valence-corrected chi connectivity index (χ0v) is 15.6. The van der Waals surface area contributed by atoms with Gasteiger partial charge >= 0.3 is 0 Å². The van der Waals surface area contributed by atoms with Crippen LogP contribution in [0.4, 0.5) is 0 Å². The first-order chi connectivity index (χ1) is 12.6. The molecule has 0 fully saturated rings. The van der Waals surface area contributed by atoms with Gasteiger partial charge in [-0.2, -0.15) is 0 Å². The summed E-state index contributed by atoms with van der Waals surface area (Å²) >= 11 is 0. The average molecular weight is 347 g/mol. The van der Waals surface area contributed by atoms with Gasteiger partial charge in [0, 0.05) is 6.54 Å². The molecule has 0 unspecified atom stereocenters. The highest BCUT2D eigenvalue weighted by Gasteiger charge is 2.18. The summed E-state index contributed by atoms with van der Waals surface area (Å²) in [6, 6.07) is 20.4. The van der Waals surface area contributed by atoms with E-state index in [1.165, 1.54) is 10.8 Å². The van der Waals surface area contributed by atoms with Gasteiger partial charge in [0.2, 0.25) is 0 Å². The van der Waals surface area contributed by atoms with Gasteiger partial charge in [0.05, 0.1) is 0 Å². The second kappa shape index (κ2) is 8.05. The predicted molar refractivity (Wildman–Crippen MR) is 106 cm³/mol. The van der Waals surface area contributed by atoms with Crippen LogP contribution < -0.4 is 10.1 Å². The molecule has 3 aromatic carbocycles. The fourth-order valence-corrected chi connectivity index (χ4v) is 3.23. The van der Waals surface area contributed by atoms with Crippen molar-refractivity contribution in [3.05, 3.63) is 77.4 Å². The van der Waals surface area contributed by atoms with Crippen LogP contribution in [0.25, 0.3) is 10.8 Å². The molecular weight excluding hydrogens is 322 g/mol. The molecule has 0 aromatic heterocycles. The van der Waals surface area contributed by atoms with Gasteiger partial charge < -0.3 is 10.1 Å². The number of rotatable bonds is 6. The Kier molecular flexibility index (Phi) is 5.57. The largest absolute Gasteiger partial charge is 0.481 e. The lowest BCUT2D eigenvalue weighted by atomic mass is 10.0. The van der Waals surface area contributed by atoms with Crippen LogP contribution in [0.5, 0.6) is 5.75 Å². The third kappa shape index (κ3) is 4.23. The third-order valence-electron chi connectivity index (χ3n) is 4.47. The Morgan fingerprint density at radius 1 is 1.00 bits per heavy atom. The molecule has 26 heavy (non-hydrogen) atoms. The molecular formula is C23H25NO2. The summed E-state index contributed by atoms with van der Waals surface area (Å²) in [5, 5.41) is 5.37. The van der Waals surface area contributed by atoms with Gasteiger partial charge in [0.25, 0.3) is 5.91 Å². The maximum absolute atomic E-state index is 12.6. The summed E-state index contributed by atoms with van der Waals surface area (Å²) in [6.45, 7) is 6.51. The van der Waals surface area contributed by atoms with Crippen molar-refractivity contribution in [1.29, 1.82) is 0 Å². The van der Waals surface area contributed by atoms with E-state index in [2.05, 4.69) is 29.6 Å². The SMILES string of the molecule is CC[C@@H](Oc1cc(C)cc(C)c1)C(=O)NCc1cccc2ccccc12. The van der Waals surface area contributed by atoms with E-state index in [9.17, 15) is 4.79 Å². The molecule has 0 saturated carbocycles. The minimum atomic E-state index is -0.494. The van der Waals surface area contributed by atoms with Crippen molar-refractivity contribution in [1.82, 2.24) is 5.32 Å². The lowest BCUT2D eigenvalue weighted by Gasteiger charge is -2.18. The Morgan fingerprint density at radius 2 is 1.69 bits per heavy atom. The van der Waals surface area contributed by atoms with Gasteiger partial charge in [0.15, 0.2) is 6.10 Å². The number of ether oxygens (including phenoxy) is 1. The van der Waals surface area contributed by atoms with Crippen LogP contribution >= 0.6 is 0 Å². The van der Waals surface area contributed by atoms with E-state index in [0.717, 1.165) is 22.4 Å². The van der Waals surface area contributed by atoms with Crippen molar-refractivity contribution in [2.75, 3.05) is 0 Å². The standard InChI is InChI=1S/C23H25NO2/c1-4-22(26-20-13-16(2)12-17(3)14-20)23(25)24-15-19-10-7-9-18-8-5-6-11-21(18)19/h5-14,22H,4,15H2,1-3H3,(H,24,25)/t22-/m1/s1. The van der Waals surface area contributed by atoms with Crippen LogP contribution in [0.3, 0.4) is 0 Å². The second-order valence-corrected chi connectivity index (χ2v) is 6.69. The summed E-state index contributed by atoms with van der Waals surface area (Å²) in [4.78, 5) is 12.6. The van der Waals surface area contributed by atoms with Gasteiger partial charge in [-0.1, -0.05) is 55.5 Å². The number of hydrogen-bond donors (Lipinski definition) is 1. The average Bonchev–Trinajstić information content (AvgIpc) is 2.63. The molecule has 0 bridgehead atoms. The molecule has 3 rings (SSSR count). The predicted octanol–water partition coefficient (Wildman–Crippen LogP) is 4.93. The van der Waals surface area contributed by atoms with E-state index < -0.39 is 6.10 Å². The molecule has 1 N–H and O–H groups in total. The van der Waals surface area contributed by atoms with Crippen molar-refractivity contribution < 1.29 is 9.53 Å². The molecule has 0 aliphatic heterocycles.